The van der Waals surface area contributed by atoms with Crippen molar-refractivity contribution in [2.75, 3.05) is 6.61 Å². The molecule has 1 unspecified atom stereocenters. The first-order valence-electron chi connectivity index (χ1n) is 10.1. The third-order valence-corrected chi connectivity index (χ3v) is 4.95. The number of H-pyrrole nitrogens is 1. The van der Waals surface area contributed by atoms with Gasteiger partial charge in [0.2, 0.25) is 5.88 Å². The Morgan fingerprint density at radius 1 is 1.28 bits per heavy atom. The second kappa shape index (κ2) is 8.46. The van der Waals surface area contributed by atoms with E-state index in [2.05, 4.69) is 15.1 Å². The number of nitrogens with one attached hydrogen (secondary N) is 1. The van der Waals surface area contributed by atoms with Crippen LogP contribution in [0.2, 0.25) is 0 Å². The number of carbonyl (C=O) groups is 1. The number of aryl methyl sites for hydroxylation is 2. The molecule has 0 saturated heterocycles. The van der Waals surface area contributed by atoms with Crippen molar-refractivity contribution in [3.63, 3.8) is 0 Å². The van der Waals surface area contributed by atoms with Gasteiger partial charge in [-0.05, 0) is 45.9 Å². The average Bonchev–Trinajstić information content (AvgIpc) is 3.29. The molecule has 10 heteroatoms. The van der Waals surface area contributed by atoms with E-state index in [1.807, 2.05) is 13.8 Å². The molecule has 0 aliphatic carbocycles. The highest BCUT2D eigenvalue weighted by molar-refractivity contribution is 5.83. The van der Waals surface area contributed by atoms with Crippen LogP contribution in [-0.2, 0) is 9.53 Å². The molecule has 0 spiro atoms. The highest BCUT2D eigenvalue weighted by atomic mass is 19.1. The van der Waals surface area contributed by atoms with Crippen molar-refractivity contribution in [2.45, 2.75) is 39.8 Å². The van der Waals surface area contributed by atoms with Gasteiger partial charge in [0.25, 0.3) is 0 Å². The number of ether oxygens (including phenoxy) is 3. The Hall–Kier alpha value is -3.66. The fourth-order valence-corrected chi connectivity index (χ4v) is 3.34. The maximum atomic E-state index is 15.0. The minimum Gasteiger partial charge on any atom is -0.488 e. The second-order valence-corrected chi connectivity index (χ2v) is 7.72. The highest BCUT2D eigenvalue weighted by Gasteiger charge is 2.19. The Bertz CT molecular complexity index is 1300. The SMILES string of the molecule is Cc1cc2c(F)c(Oc3ncnn4cc(OC[C@@H](C)OC(=O)C(C)N)c(C)c34)ccc2[nH]1. The summed E-state index contributed by atoms with van der Waals surface area (Å²) in [6.45, 7) is 7.06. The van der Waals surface area contributed by atoms with E-state index in [1.54, 1.807) is 42.8 Å². The molecule has 3 aromatic heterocycles. The van der Waals surface area contributed by atoms with E-state index in [4.69, 9.17) is 19.9 Å². The molecule has 168 valence electrons. The van der Waals surface area contributed by atoms with Crippen LogP contribution < -0.4 is 15.2 Å². The molecule has 0 aliphatic heterocycles. The number of benzene rings is 1. The molecule has 0 radical (unpaired) electrons. The third-order valence-electron chi connectivity index (χ3n) is 4.95. The van der Waals surface area contributed by atoms with Crippen molar-refractivity contribution >= 4 is 22.4 Å². The standard InChI is InChI=1S/C22H24FN5O4/c1-11-7-15-16(27-11)5-6-17(19(15)23)32-21-20-13(3)18(8-28(20)26-10-25-21)30-9-12(2)31-22(29)14(4)24/h5-8,10,12,14,27H,9,24H2,1-4H3/t12-,14?/m1/s1. The smallest absolute Gasteiger partial charge is 0.323 e. The summed E-state index contributed by atoms with van der Waals surface area (Å²) in [4.78, 5) is 18.9. The lowest BCUT2D eigenvalue weighted by Gasteiger charge is -2.15. The zero-order valence-electron chi connectivity index (χ0n) is 18.2. The van der Waals surface area contributed by atoms with Crippen LogP contribution in [0.3, 0.4) is 0 Å². The first-order chi connectivity index (χ1) is 15.2. The summed E-state index contributed by atoms with van der Waals surface area (Å²) < 4.78 is 33.4. The molecule has 0 fully saturated rings. The second-order valence-electron chi connectivity index (χ2n) is 7.72. The van der Waals surface area contributed by atoms with Gasteiger partial charge in [-0.1, -0.05) is 0 Å². The fraction of sp³-hybridized carbons (Fsp3) is 0.318. The lowest BCUT2D eigenvalue weighted by Crippen LogP contribution is -2.33. The van der Waals surface area contributed by atoms with Crippen LogP contribution >= 0.6 is 0 Å². The molecule has 9 nitrogen and oxygen atoms in total. The van der Waals surface area contributed by atoms with Crippen molar-refractivity contribution in [1.29, 1.82) is 0 Å². The lowest BCUT2D eigenvalue weighted by molar-refractivity contribution is -0.150. The summed E-state index contributed by atoms with van der Waals surface area (Å²) >= 11 is 0. The zero-order chi connectivity index (χ0) is 23.0. The summed E-state index contributed by atoms with van der Waals surface area (Å²) in [7, 11) is 0. The molecular weight excluding hydrogens is 417 g/mol. The summed E-state index contributed by atoms with van der Waals surface area (Å²) in [5.74, 6) is -0.228. The number of carbonyl (C=O) groups excluding carboxylic acids is 1. The first kappa shape index (κ1) is 21.6. The molecule has 0 saturated carbocycles. The van der Waals surface area contributed by atoms with Crippen molar-refractivity contribution in [3.8, 4) is 17.4 Å². The molecular formula is C22H24FN5O4. The number of halogens is 1. The van der Waals surface area contributed by atoms with E-state index in [-0.39, 0.29) is 18.2 Å². The van der Waals surface area contributed by atoms with Crippen LogP contribution in [0.5, 0.6) is 17.4 Å². The molecule has 32 heavy (non-hydrogen) atoms. The summed E-state index contributed by atoms with van der Waals surface area (Å²) in [5.41, 5.74) is 8.29. The van der Waals surface area contributed by atoms with Gasteiger partial charge in [-0.25, -0.2) is 8.91 Å². The van der Waals surface area contributed by atoms with E-state index in [0.717, 1.165) is 5.69 Å². The van der Waals surface area contributed by atoms with Crippen molar-refractivity contribution < 1.29 is 23.4 Å². The number of hydrogen-bond donors (Lipinski definition) is 2. The van der Waals surface area contributed by atoms with Gasteiger partial charge < -0.3 is 24.9 Å². The molecule has 2 atom stereocenters. The van der Waals surface area contributed by atoms with Crippen LogP contribution in [0.1, 0.15) is 25.1 Å². The lowest BCUT2D eigenvalue weighted by atomic mass is 10.2. The number of rotatable bonds is 7. The Balaban J connectivity index is 1.58. The van der Waals surface area contributed by atoms with Crippen LogP contribution in [-0.4, -0.2) is 44.3 Å². The fourth-order valence-electron chi connectivity index (χ4n) is 3.34. The van der Waals surface area contributed by atoms with Crippen molar-refractivity contribution in [2.24, 2.45) is 5.73 Å². The monoisotopic (exact) mass is 441 g/mol. The van der Waals surface area contributed by atoms with Crippen LogP contribution in [0.25, 0.3) is 16.4 Å². The van der Waals surface area contributed by atoms with Gasteiger partial charge in [0.05, 0.1) is 6.20 Å². The molecule has 0 bridgehead atoms. The number of hydrogen-bond acceptors (Lipinski definition) is 7. The zero-order valence-corrected chi connectivity index (χ0v) is 18.2. The predicted molar refractivity (Wildman–Crippen MR) is 115 cm³/mol. The van der Waals surface area contributed by atoms with Gasteiger partial charge in [0.1, 0.15) is 36.3 Å². The average molecular weight is 441 g/mol. The van der Waals surface area contributed by atoms with E-state index >= 15 is 0 Å². The Morgan fingerprint density at radius 2 is 2.06 bits per heavy atom. The van der Waals surface area contributed by atoms with Crippen LogP contribution in [0.15, 0.2) is 30.7 Å². The molecule has 1 aromatic carbocycles. The molecule has 3 N–H and O–H groups in total. The largest absolute Gasteiger partial charge is 0.488 e. The topological polar surface area (TPSA) is 117 Å². The van der Waals surface area contributed by atoms with E-state index < -0.39 is 23.9 Å². The van der Waals surface area contributed by atoms with Gasteiger partial charge in [0, 0.05) is 22.2 Å². The first-order valence-corrected chi connectivity index (χ1v) is 10.1. The summed E-state index contributed by atoms with van der Waals surface area (Å²) in [6, 6.07) is 4.32. The summed E-state index contributed by atoms with van der Waals surface area (Å²) in [5, 5.41) is 4.63. The van der Waals surface area contributed by atoms with Crippen molar-refractivity contribution in [1.82, 2.24) is 19.6 Å². The van der Waals surface area contributed by atoms with Gasteiger partial charge in [-0.2, -0.15) is 10.1 Å². The number of fused-ring (bicyclic) bond motifs is 2. The number of nitrogens with zero attached hydrogens (tertiary/aromatic N) is 3. The van der Waals surface area contributed by atoms with Gasteiger partial charge in [-0.15, -0.1) is 0 Å². The quantitative estimate of drug-likeness (QED) is 0.422. The molecule has 0 aliphatic rings. The van der Waals surface area contributed by atoms with E-state index in [0.29, 0.717) is 27.7 Å². The Morgan fingerprint density at radius 3 is 2.81 bits per heavy atom. The summed E-state index contributed by atoms with van der Waals surface area (Å²) in [6.07, 6.45) is 2.48. The van der Waals surface area contributed by atoms with Gasteiger partial charge >= 0.3 is 5.97 Å². The third kappa shape index (κ3) is 4.09. The van der Waals surface area contributed by atoms with Crippen LogP contribution in [0, 0.1) is 19.7 Å². The Labute approximate surface area is 183 Å². The highest BCUT2D eigenvalue weighted by Crippen LogP contribution is 2.34. The molecule has 0 amide bonds. The minimum atomic E-state index is -0.707. The minimum absolute atomic E-state index is 0.0524. The van der Waals surface area contributed by atoms with Gasteiger partial charge in [0.15, 0.2) is 11.6 Å². The van der Waals surface area contributed by atoms with Crippen molar-refractivity contribution in [3.05, 3.63) is 47.8 Å². The molecule has 3 heterocycles. The van der Waals surface area contributed by atoms with Gasteiger partial charge in [-0.3, -0.25) is 4.79 Å². The normalized spacial score (nSPS) is 13.3. The molecule has 4 aromatic rings. The Kier molecular flexibility index (Phi) is 5.70. The maximum Gasteiger partial charge on any atom is 0.323 e. The number of aromatic amines is 1. The predicted octanol–water partition coefficient (Wildman–Crippen LogP) is 3.42. The van der Waals surface area contributed by atoms with E-state index in [9.17, 15) is 9.18 Å². The number of esters is 1. The maximum absolute atomic E-state index is 15.0. The number of nitrogens with two attached hydrogens (primary N) is 1. The van der Waals surface area contributed by atoms with E-state index in [1.165, 1.54) is 6.33 Å². The number of aromatic nitrogens is 4. The van der Waals surface area contributed by atoms with Crippen LogP contribution in [0.4, 0.5) is 4.39 Å². The molecule has 4 rings (SSSR count).